The quantitative estimate of drug-likeness (QED) is 0.804. The Balaban J connectivity index is 2.62. The number of carbonyl (C=O) groups excluding carboxylic acids is 1. The molecule has 0 fully saturated rings. The molecule has 16 heavy (non-hydrogen) atoms. The Kier molecular flexibility index (Phi) is 2.11. The zero-order chi connectivity index (χ0) is 11.9. The zero-order valence-corrected chi connectivity index (χ0v) is 7.82. The van der Waals surface area contributed by atoms with Crippen molar-refractivity contribution in [1.82, 2.24) is 9.38 Å². The van der Waals surface area contributed by atoms with E-state index in [2.05, 4.69) is 4.98 Å². The van der Waals surface area contributed by atoms with E-state index in [1.165, 1.54) is 4.40 Å². The molecule has 0 radical (unpaired) electrons. The SMILES string of the molecule is NC(=O)c1cnc2cc(C(F)(F)F)ccn12. The molecule has 84 valence electrons. The minimum absolute atomic E-state index is 0.0311. The van der Waals surface area contributed by atoms with Crippen LogP contribution in [0.2, 0.25) is 0 Å². The molecule has 4 nitrogen and oxygen atoms in total. The first-order chi connectivity index (χ1) is 7.39. The van der Waals surface area contributed by atoms with Crippen LogP contribution in [-0.4, -0.2) is 15.3 Å². The molecule has 2 N–H and O–H groups in total. The van der Waals surface area contributed by atoms with Crippen LogP contribution < -0.4 is 5.73 Å². The molecular formula is C9H6F3N3O. The minimum atomic E-state index is -4.43. The Labute approximate surface area is 87.5 Å². The van der Waals surface area contributed by atoms with Crippen molar-refractivity contribution in [3.05, 3.63) is 35.8 Å². The standard InChI is InChI=1S/C9H6F3N3O/c10-9(11,12)5-1-2-15-6(8(13)16)4-14-7(15)3-5/h1-4H,(H2,13,16). The predicted molar refractivity (Wildman–Crippen MR) is 48.7 cm³/mol. The second kappa shape index (κ2) is 3.22. The van der Waals surface area contributed by atoms with E-state index >= 15 is 0 Å². The number of alkyl halides is 3. The van der Waals surface area contributed by atoms with E-state index in [1.807, 2.05) is 0 Å². The Morgan fingerprint density at radius 2 is 2.12 bits per heavy atom. The monoisotopic (exact) mass is 229 g/mol. The third-order valence-electron chi connectivity index (χ3n) is 2.09. The number of imidazole rings is 1. The fraction of sp³-hybridized carbons (Fsp3) is 0.111. The van der Waals surface area contributed by atoms with Gasteiger partial charge < -0.3 is 5.73 Å². The summed E-state index contributed by atoms with van der Waals surface area (Å²) in [5.41, 5.74) is 4.28. The summed E-state index contributed by atoms with van der Waals surface area (Å²) in [6.45, 7) is 0. The van der Waals surface area contributed by atoms with Gasteiger partial charge >= 0.3 is 6.18 Å². The van der Waals surface area contributed by atoms with Gasteiger partial charge in [0.25, 0.3) is 5.91 Å². The summed E-state index contributed by atoms with van der Waals surface area (Å²) in [6.07, 6.45) is -2.18. The molecule has 2 rings (SSSR count). The maximum absolute atomic E-state index is 12.4. The van der Waals surface area contributed by atoms with Crippen LogP contribution in [0.5, 0.6) is 0 Å². The van der Waals surface area contributed by atoms with Gasteiger partial charge in [0.2, 0.25) is 0 Å². The molecule has 0 saturated carbocycles. The number of fused-ring (bicyclic) bond motifs is 1. The lowest BCUT2D eigenvalue weighted by atomic mass is 10.2. The van der Waals surface area contributed by atoms with Gasteiger partial charge in [-0.2, -0.15) is 13.2 Å². The number of hydrogen-bond acceptors (Lipinski definition) is 2. The number of pyridine rings is 1. The molecule has 0 atom stereocenters. The molecule has 7 heteroatoms. The summed E-state index contributed by atoms with van der Waals surface area (Å²) < 4.78 is 38.3. The van der Waals surface area contributed by atoms with Gasteiger partial charge in [0.15, 0.2) is 0 Å². The highest BCUT2D eigenvalue weighted by Crippen LogP contribution is 2.29. The number of carbonyl (C=O) groups is 1. The number of halogens is 3. The van der Waals surface area contributed by atoms with E-state index in [0.29, 0.717) is 0 Å². The molecule has 0 aliphatic carbocycles. The zero-order valence-electron chi connectivity index (χ0n) is 7.82. The van der Waals surface area contributed by atoms with E-state index in [9.17, 15) is 18.0 Å². The van der Waals surface area contributed by atoms with Gasteiger partial charge in [0.1, 0.15) is 11.3 Å². The Morgan fingerprint density at radius 3 is 2.69 bits per heavy atom. The number of primary amides is 1. The first kappa shape index (κ1) is 10.5. The normalized spacial score (nSPS) is 11.9. The van der Waals surface area contributed by atoms with Gasteiger partial charge in [0.05, 0.1) is 11.8 Å². The van der Waals surface area contributed by atoms with Gasteiger partial charge in [-0.15, -0.1) is 0 Å². The van der Waals surface area contributed by atoms with Crippen LogP contribution in [0.25, 0.3) is 5.65 Å². The lowest BCUT2D eigenvalue weighted by Crippen LogP contribution is -2.14. The molecule has 2 aromatic rings. The number of rotatable bonds is 1. The summed E-state index contributed by atoms with van der Waals surface area (Å²) in [7, 11) is 0. The van der Waals surface area contributed by atoms with E-state index in [-0.39, 0.29) is 11.3 Å². The highest BCUT2D eigenvalue weighted by molar-refractivity contribution is 5.91. The van der Waals surface area contributed by atoms with Gasteiger partial charge in [-0.3, -0.25) is 9.20 Å². The maximum Gasteiger partial charge on any atom is 0.416 e. The molecular weight excluding hydrogens is 223 g/mol. The molecule has 0 spiro atoms. The second-order valence-corrected chi connectivity index (χ2v) is 3.15. The van der Waals surface area contributed by atoms with Crippen molar-refractivity contribution in [1.29, 1.82) is 0 Å². The molecule has 0 saturated heterocycles. The van der Waals surface area contributed by atoms with Gasteiger partial charge in [-0.1, -0.05) is 0 Å². The number of nitrogens with zero attached hydrogens (tertiary/aromatic N) is 2. The van der Waals surface area contributed by atoms with Crippen molar-refractivity contribution in [2.24, 2.45) is 5.73 Å². The second-order valence-electron chi connectivity index (χ2n) is 3.15. The molecule has 2 aromatic heterocycles. The van der Waals surface area contributed by atoms with Crippen LogP contribution in [-0.2, 0) is 6.18 Å². The van der Waals surface area contributed by atoms with Crippen LogP contribution in [0.15, 0.2) is 24.5 Å². The van der Waals surface area contributed by atoms with E-state index in [1.54, 1.807) is 0 Å². The van der Waals surface area contributed by atoms with Crippen LogP contribution >= 0.6 is 0 Å². The Morgan fingerprint density at radius 1 is 1.44 bits per heavy atom. The minimum Gasteiger partial charge on any atom is -0.364 e. The molecule has 0 aliphatic heterocycles. The average molecular weight is 229 g/mol. The smallest absolute Gasteiger partial charge is 0.364 e. The van der Waals surface area contributed by atoms with Crippen molar-refractivity contribution < 1.29 is 18.0 Å². The molecule has 0 aromatic carbocycles. The Bertz CT molecular complexity index is 559. The van der Waals surface area contributed by atoms with Gasteiger partial charge in [0, 0.05) is 6.20 Å². The molecule has 0 bridgehead atoms. The van der Waals surface area contributed by atoms with Crippen molar-refractivity contribution >= 4 is 11.6 Å². The predicted octanol–water partition coefficient (Wildman–Crippen LogP) is 1.45. The topological polar surface area (TPSA) is 60.4 Å². The molecule has 2 heterocycles. The maximum atomic E-state index is 12.4. The molecule has 0 unspecified atom stereocenters. The number of nitrogens with two attached hydrogens (primary N) is 1. The third-order valence-corrected chi connectivity index (χ3v) is 2.09. The van der Waals surface area contributed by atoms with Crippen molar-refractivity contribution in [3.8, 4) is 0 Å². The van der Waals surface area contributed by atoms with Gasteiger partial charge in [-0.05, 0) is 12.1 Å². The van der Waals surface area contributed by atoms with Crippen LogP contribution in [0.1, 0.15) is 16.1 Å². The third kappa shape index (κ3) is 1.60. The average Bonchev–Trinajstić information content (AvgIpc) is 2.58. The van der Waals surface area contributed by atoms with Crippen LogP contribution in [0, 0.1) is 0 Å². The Hall–Kier alpha value is -2.05. The van der Waals surface area contributed by atoms with E-state index in [4.69, 9.17) is 5.73 Å². The molecule has 1 amide bonds. The van der Waals surface area contributed by atoms with E-state index < -0.39 is 17.6 Å². The van der Waals surface area contributed by atoms with Gasteiger partial charge in [-0.25, -0.2) is 4.98 Å². The van der Waals surface area contributed by atoms with Crippen molar-refractivity contribution in [2.45, 2.75) is 6.18 Å². The van der Waals surface area contributed by atoms with Crippen molar-refractivity contribution in [2.75, 3.05) is 0 Å². The summed E-state index contributed by atoms with van der Waals surface area (Å²) in [6, 6.07) is 1.72. The van der Waals surface area contributed by atoms with E-state index in [0.717, 1.165) is 24.5 Å². The lowest BCUT2D eigenvalue weighted by molar-refractivity contribution is -0.137. The number of aromatic nitrogens is 2. The highest BCUT2D eigenvalue weighted by Gasteiger charge is 2.30. The lowest BCUT2D eigenvalue weighted by Gasteiger charge is -2.06. The summed E-state index contributed by atoms with van der Waals surface area (Å²) in [5, 5.41) is 0. The number of amides is 1. The van der Waals surface area contributed by atoms with Crippen LogP contribution in [0.3, 0.4) is 0 Å². The first-order valence-corrected chi connectivity index (χ1v) is 4.23. The van der Waals surface area contributed by atoms with Crippen LogP contribution in [0.4, 0.5) is 13.2 Å². The summed E-state index contributed by atoms with van der Waals surface area (Å²) in [5.74, 6) is -0.743. The fourth-order valence-electron chi connectivity index (χ4n) is 1.34. The number of hydrogen-bond donors (Lipinski definition) is 1. The fourth-order valence-corrected chi connectivity index (χ4v) is 1.34. The largest absolute Gasteiger partial charge is 0.416 e. The molecule has 0 aliphatic rings. The highest BCUT2D eigenvalue weighted by atomic mass is 19.4. The first-order valence-electron chi connectivity index (χ1n) is 4.23. The summed E-state index contributed by atoms with van der Waals surface area (Å²) in [4.78, 5) is 14.6. The summed E-state index contributed by atoms with van der Waals surface area (Å²) >= 11 is 0. The van der Waals surface area contributed by atoms with Crippen molar-refractivity contribution in [3.63, 3.8) is 0 Å².